The molecule has 0 bridgehead atoms. The Morgan fingerprint density at radius 3 is 2.58 bits per heavy atom. The number of nitro groups is 1. The number of aromatic nitrogens is 5. The van der Waals surface area contributed by atoms with Crippen molar-refractivity contribution in [1.29, 1.82) is 0 Å². The molecule has 0 radical (unpaired) electrons. The number of rotatable bonds is 5. The van der Waals surface area contributed by atoms with E-state index >= 15 is 0 Å². The summed E-state index contributed by atoms with van der Waals surface area (Å²) in [5.74, 6) is 0.550. The van der Waals surface area contributed by atoms with Crippen LogP contribution in [0, 0.1) is 10.1 Å². The zero-order valence-corrected chi connectivity index (χ0v) is 17.3. The van der Waals surface area contributed by atoms with Crippen LogP contribution in [0.15, 0.2) is 55.0 Å². The summed E-state index contributed by atoms with van der Waals surface area (Å²) in [5.41, 5.74) is 1.30. The predicted molar refractivity (Wildman–Crippen MR) is 115 cm³/mol. The van der Waals surface area contributed by atoms with Gasteiger partial charge < -0.3 is 9.88 Å². The largest absolute Gasteiger partial charge is 0.338 e. The summed E-state index contributed by atoms with van der Waals surface area (Å²) in [6.07, 6.45) is 4.95. The second kappa shape index (κ2) is 7.63. The molecule has 0 saturated heterocycles. The van der Waals surface area contributed by atoms with Gasteiger partial charge in [0, 0.05) is 53.1 Å². The van der Waals surface area contributed by atoms with Gasteiger partial charge in [-0.1, -0.05) is 20.8 Å². The third-order valence-corrected chi connectivity index (χ3v) is 4.77. The minimum Gasteiger partial charge on any atom is -0.338 e. The van der Waals surface area contributed by atoms with Crippen LogP contribution in [0.1, 0.15) is 26.5 Å². The highest BCUT2D eigenvalue weighted by molar-refractivity contribution is 5.92. The van der Waals surface area contributed by atoms with Gasteiger partial charge in [-0.3, -0.25) is 14.9 Å². The van der Waals surface area contributed by atoms with Gasteiger partial charge in [-0.15, -0.1) is 0 Å². The molecule has 4 aromatic rings. The molecule has 1 amide bonds. The molecule has 0 aliphatic carbocycles. The molecule has 0 aliphatic rings. The molecule has 0 saturated carbocycles. The average Bonchev–Trinajstić information content (AvgIpc) is 3.32. The fourth-order valence-corrected chi connectivity index (χ4v) is 3.17. The Labute approximate surface area is 177 Å². The number of amides is 1. The number of carbonyl (C=O) groups is 1. The number of nitro benzene ring substituents is 1. The number of fused-ring (bicyclic) bond motifs is 1. The molecule has 10 heteroatoms. The molecule has 0 spiro atoms. The molecule has 10 nitrogen and oxygen atoms in total. The fraction of sp³-hybridized carbons (Fsp3) is 0.238. The van der Waals surface area contributed by atoms with E-state index in [0.29, 0.717) is 17.2 Å². The first-order chi connectivity index (χ1) is 14.7. The molecule has 3 heterocycles. The number of hydrogen-bond donors (Lipinski definition) is 1. The standard InChI is InChI=1S/C21H21N7O3/c1-21(2,3)17-12-18(27(25-17)20-22-8-4-9-23-20)24-19(29)13-26-10-7-14-11-15(28(30)31)5-6-16(14)26/h4-12H,13H2,1-3H3,(H,24,29). The first kappa shape index (κ1) is 20.2. The Bertz CT molecular complexity index is 1270. The van der Waals surface area contributed by atoms with Crippen LogP contribution in [-0.4, -0.2) is 35.1 Å². The molecule has 0 fully saturated rings. The van der Waals surface area contributed by atoms with E-state index < -0.39 is 4.92 Å². The van der Waals surface area contributed by atoms with Crippen molar-refractivity contribution in [3.63, 3.8) is 0 Å². The molecule has 1 aromatic carbocycles. The second-order valence-electron chi connectivity index (χ2n) is 8.12. The predicted octanol–water partition coefficient (Wildman–Crippen LogP) is 3.46. The molecular weight excluding hydrogens is 398 g/mol. The zero-order chi connectivity index (χ0) is 22.2. The minimum absolute atomic E-state index is 0.0103. The summed E-state index contributed by atoms with van der Waals surface area (Å²) in [4.78, 5) is 31.8. The number of hydrogen-bond acceptors (Lipinski definition) is 6. The molecule has 0 unspecified atom stereocenters. The van der Waals surface area contributed by atoms with Crippen LogP contribution >= 0.6 is 0 Å². The molecular formula is C21H21N7O3. The number of nitrogens with zero attached hydrogens (tertiary/aromatic N) is 6. The van der Waals surface area contributed by atoms with Gasteiger partial charge in [0.2, 0.25) is 5.91 Å². The van der Waals surface area contributed by atoms with E-state index in [2.05, 4.69) is 20.4 Å². The van der Waals surface area contributed by atoms with Gasteiger partial charge in [0.1, 0.15) is 12.4 Å². The number of anilines is 1. The summed E-state index contributed by atoms with van der Waals surface area (Å²) >= 11 is 0. The van der Waals surface area contributed by atoms with E-state index in [0.717, 1.165) is 11.2 Å². The van der Waals surface area contributed by atoms with Crippen molar-refractivity contribution in [2.24, 2.45) is 0 Å². The van der Waals surface area contributed by atoms with Crippen LogP contribution in [0.2, 0.25) is 0 Å². The lowest BCUT2D eigenvalue weighted by Crippen LogP contribution is -2.20. The van der Waals surface area contributed by atoms with Gasteiger partial charge >= 0.3 is 0 Å². The lowest BCUT2D eigenvalue weighted by molar-refractivity contribution is -0.384. The molecule has 158 valence electrons. The Morgan fingerprint density at radius 2 is 1.90 bits per heavy atom. The van der Waals surface area contributed by atoms with Gasteiger partial charge in [-0.2, -0.15) is 9.78 Å². The van der Waals surface area contributed by atoms with Crippen molar-refractivity contribution in [2.75, 3.05) is 5.32 Å². The molecule has 31 heavy (non-hydrogen) atoms. The molecule has 4 rings (SSSR count). The van der Waals surface area contributed by atoms with Crippen LogP contribution < -0.4 is 5.32 Å². The smallest absolute Gasteiger partial charge is 0.270 e. The third kappa shape index (κ3) is 4.13. The van der Waals surface area contributed by atoms with Crippen molar-refractivity contribution in [2.45, 2.75) is 32.7 Å². The van der Waals surface area contributed by atoms with E-state index in [1.54, 1.807) is 41.4 Å². The van der Waals surface area contributed by atoms with Gasteiger partial charge in [0.05, 0.1) is 10.6 Å². The Morgan fingerprint density at radius 1 is 1.16 bits per heavy atom. The maximum Gasteiger partial charge on any atom is 0.270 e. The Kier molecular flexibility index (Phi) is 4.97. The second-order valence-corrected chi connectivity index (χ2v) is 8.12. The number of nitrogens with one attached hydrogen (secondary N) is 1. The van der Waals surface area contributed by atoms with Crippen molar-refractivity contribution in [3.05, 3.63) is 70.8 Å². The highest BCUT2D eigenvalue weighted by Crippen LogP contribution is 2.26. The molecule has 1 N–H and O–H groups in total. The zero-order valence-electron chi connectivity index (χ0n) is 17.3. The van der Waals surface area contributed by atoms with Gasteiger partial charge in [0.25, 0.3) is 11.6 Å². The van der Waals surface area contributed by atoms with E-state index in [-0.39, 0.29) is 23.6 Å². The van der Waals surface area contributed by atoms with Gasteiger partial charge in [0.15, 0.2) is 0 Å². The van der Waals surface area contributed by atoms with E-state index in [9.17, 15) is 14.9 Å². The lowest BCUT2D eigenvalue weighted by atomic mass is 9.92. The van der Waals surface area contributed by atoms with E-state index in [1.165, 1.54) is 16.8 Å². The number of benzene rings is 1. The summed E-state index contributed by atoms with van der Waals surface area (Å²) in [6.45, 7) is 6.12. The van der Waals surface area contributed by atoms with Crippen molar-refractivity contribution in [3.8, 4) is 5.95 Å². The van der Waals surface area contributed by atoms with Crippen LogP contribution in [0.25, 0.3) is 16.9 Å². The summed E-state index contributed by atoms with van der Waals surface area (Å²) < 4.78 is 3.24. The minimum atomic E-state index is -0.441. The summed E-state index contributed by atoms with van der Waals surface area (Å²) in [7, 11) is 0. The van der Waals surface area contributed by atoms with Gasteiger partial charge in [-0.05, 0) is 18.2 Å². The lowest BCUT2D eigenvalue weighted by Gasteiger charge is -2.13. The van der Waals surface area contributed by atoms with Gasteiger partial charge in [-0.25, -0.2) is 9.97 Å². The first-order valence-electron chi connectivity index (χ1n) is 9.63. The van der Waals surface area contributed by atoms with Crippen LogP contribution in [0.4, 0.5) is 11.5 Å². The third-order valence-electron chi connectivity index (χ3n) is 4.77. The summed E-state index contributed by atoms with van der Waals surface area (Å²) in [6, 6.07) is 9.81. The highest BCUT2D eigenvalue weighted by Gasteiger charge is 2.22. The van der Waals surface area contributed by atoms with Crippen molar-refractivity contribution >= 4 is 28.3 Å². The topological polar surface area (TPSA) is 121 Å². The molecule has 3 aromatic heterocycles. The Hall–Kier alpha value is -4.08. The summed E-state index contributed by atoms with van der Waals surface area (Å²) in [5, 5.41) is 19.1. The first-order valence-corrected chi connectivity index (χ1v) is 9.63. The normalized spacial score (nSPS) is 11.6. The average molecular weight is 419 g/mol. The quantitative estimate of drug-likeness (QED) is 0.391. The maximum atomic E-state index is 12.8. The SMILES string of the molecule is CC(C)(C)c1cc(NC(=O)Cn2ccc3cc([N+](=O)[O-])ccc32)n(-c2ncccn2)n1. The van der Waals surface area contributed by atoms with Crippen molar-refractivity contribution in [1.82, 2.24) is 24.3 Å². The fourth-order valence-electron chi connectivity index (χ4n) is 3.17. The van der Waals surface area contributed by atoms with Crippen LogP contribution in [-0.2, 0) is 16.8 Å². The number of carbonyl (C=O) groups excluding carboxylic acids is 1. The number of non-ortho nitro benzene ring substituents is 1. The van der Waals surface area contributed by atoms with Crippen LogP contribution in [0.5, 0.6) is 0 Å². The Balaban J connectivity index is 1.61. The van der Waals surface area contributed by atoms with Crippen LogP contribution in [0.3, 0.4) is 0 Å². The van der Waals surface area contributed by atoms with E-state index in [1.807, 2.05) is 26.8 Å². The maximum absolute atomic E-state index is 12.8. The monoisotopic (exact) mass is 419 g/mol. The molecule has 0 aliphatic heterocycles. The molecule has 0 atom stereocenters. The van der Waals surface area contributed by atoms with E-state index in [4.69, 9.17) is 0 Å². The highest BCUT2D eigenvalue weighted by atomic mass is 16.6. The van der Waals surface area contributed by atoms with Crippen molar-refractivity contribution < 1.29 is 9.72 Å².